The molecule has 1 saturated heterocycles. The fourth-order valence-electron chi connectivity index (χ4n) is 3.89. The van der Waals surface area contributed by atoms with Crippen molar-refractivity contribution >= 4 is 43.0 Å². The predicted molar refractivity (Wildman–Crippen MR) is 136 cm³/mol. The molecule has 0 radical (unpaired) electrons. The summed E-state index contributed by atoms with van der Waals surface area (Å²) in [5, 5.41) is 13.7. The zero-order valence-electron chi connectivity index (χ0n) is 20.5. The quantitative estimate of drug-likeness (QED) is 0.341. The number of hydrogen-bond donors (Lipinski definition) is 1. The first-order chi connectivity index (χ1) is 17.4. The fourth-order valence-corrected chi connectivity index (χ4v) is 6.28. The molecule has 1 amide bonds. The number of sulfonamides is 2. The Labute approximate surface area is 215 Å². The number of amides is 1. The van der Waals surface area contributed by atoms with E-state index in [1.807, 2.05) is 0 Å². The zero-order chi connectivity index (χ0) is 27.4. The molecule has 0 bridgehead atoms. The maximum atomic E-state index is 13.1. The normalized spacial score (nSPS) is 14.6. The van der Waals surface area contributed by atoms with Gasteiger partial charge in [-0.2, -0.15) is 4.31 Å². The molecule has 0 saturated carbocycles. The molecule has 1 aliphatic rings. The zero-order valence-corrected chi connectivity index (χ0v) is 22.2. The van der Waals surface area contributed by atoms with Crippen LogP contribution in [0.5, 0.6) is 11.5 Å². The average molecular weight is 557 g/mol. The van der Waals surface area contributed by atoms with Crippen molar-refractivity contribution < 1.29 is 36.0 Å². The molecule has 0 atom stereocenters. The van der Waals surface area contributed by atoms with E-state index in [4.69, 9.17) is 9.47 Å². The molecule has 1 fully saturated rings. The lowest BCUT2D eigenvalue weighted by molar-refractivity contribution is -0.384. The summed E-state index contributed by atoms with van der Waals surface area (Å²) in [4.78, 5) is 23.5. The first-order valence-electron chi connectivity index (χ1n) is 11.2. The van der Waals surface area contributed by atoms with Crippen molar-refractivity contribution in [2.24, 2.45) is 0 Å². The molecule has 37 heavy (non-hydrogen) atoms. The molecule has 0 spiro atoms. The minimum atomic E-state index is -4.11. The van der Waals surface area contributed by atoms with E-state index in [0.717, 1.165) is 37.7 Å². The number of nitro groups is 1. The number of methoxy groups -OCH3 is 2. The van der Waals surface area contributed by atoms with Gasteiger partial charge in [-0.05, 0) is 37.1 Å². The average Bonchev–Trinajstić information content (AvgIpc) is 2.86. The number of nitrogens with zero attached hydrogens (tertiary/aromatic N) is 3. The van der Waals surface area contributed by atoms with E-state index in [1.54, 1.807) is 0 Å². The second kappa shape index (κ2) is 11.3. The molecule has 0 aromatic heterocycles. The molecule has 202 valence electrons. The predicted octanol–water partition coefficient (Wildman–Crippen LogP) is 2.19. The van der Waals surface area contributed by atoms with Gasteiger partial charge in [-0.15, -0.1) is 0 Å². The lowest BCUT2D eigenvalue weighted by atomic mass is 10.2. The highest BCUT2D eigenvalue weighted by atomic mass is 32.2. The SMILES string of the molecule is COc1ccc(S(=O)(=O)N2CCCCC2)cc1NC(=O)CN(c1cc([N+](=O)[O-])ccc1OC)S(C)(=O)=O. The van der Waals surface area contributed by atoms with Crippen molar-refractivity contribution in [3.63, 3.8) is 0 Å². The van der Waals surface area contributed by atoms with Crippen molar-refractivity contribution in [1.82, 2.24) is 4.31 Å². The maximum absolute atomic E-state index is 13.1. The number of anilines is 2. The molecule has 2 aromatic rings. The van der Waals surface area contributed by atoms with Gasteiger partial charge >= 0.3 is 0 Å². The molecular weight excluding hydrogens is 528 g/mol. The van der Waals surface area contributed by atoms with E-state index >= 15 is 0 Å². The summed E-state index contributed by atoms with van der Waals surface area (Å²) in [5.41, 5.74) is -0.588. The number of nitrogens with one attached hydrogen (secondary N) is 1. The second-order valence-electron chi connectivity index (χ2n) is 8.26. The monoisotopic (exact) mass is 556 g/mol. The van der Waals surface area contributed by atoms with Crippen molar-refractivity contribution in [2.45, 2.75) is 24.2 Å². The number of carbonyl (C=O) groups is 1. The Hall–Kier alpha value is -3.43. The van der Waals surface area contributed by atoms with Crippen LogP contribution in [0.4, 0.5) is 17.1 Å². The van der Waals surface area contributed by atoms with Gasteiger partial charge in [-0.1, -0.05) is 6.42 Å². The van der Waals surface area contributed by atoms with Crippen molar-refractivity contribution in [3.05, 3.63) is 46.5 Å². The number of benzene rings is 2. The molecule has 1 heterocycles. The smallest absolute Gasteiger partial charge is 0.271 e. The Morgan fingerprint density at radius 1 is 1.03 bits per heavy atom. The van der Waals surface area contributed by atoms with Crippen LogP contribution in [0.3, 0.4) is 0 Å². The maximum Gasteiger partial charge on any atom is 0.271 e. The van der Waals surface area contributed by atoms with Gasteiger partial charge in [-0.3, -0.25) is 19.2 Å². The summed E-state index contributed by atoms with van der Waals surface area (Å²) in [5.74, 6) is -0.689. The Kier molecular flexibility index (Phi) is 8.60. The van der Waals surface area contributed by atoms with E-state index in [9.17, 15) is 31.7 Å². The van der Waals surface area contributed by atoms with Gasteiger partial charge < -0.3 is 14.8 Å². The first-order valence-corrected chi connectivity index (χ1v) is 14.5. The van der Waals surface area contributed by atoms with Crippen LogP contribution in [0.2, 0.25) is 0 Å². The summed E-state index contributed by atoms with van der Waals surface area (Å²) in [6.07, 6.45) is 3.29. The summed E-state index contributed by atoms with van der Waals surface area (Å²) in [6.45, 7) is 0.0114. The van der Waals surface area contributed by atoms with Crippen molar-refractivity contribution in [1.29, 1.82) is 0 Å². The fraction of sp³-hybridized carbons (Fsp3) is 0.409. The molecule has 0 aliphatic carbocycles. The molecule has 15 heteroatoms. The Morgan fingerprint density at radius 2 is 1.65 bits per heavy atom. The van der Waals surface area contributed by atoms with E-state index in [-0.39, 0.29) is 27.8 Å². The number of nitro benzene ring substituents is 1. The number of carbonyl (C=O) groups excluding carboxylic acids is 1. The van der Waals surface area contributed by atoms with Crippen LogP contribution in [0.15, 0.2) is 41.3 Å². The van der Waals surface area contributed by atoms with Crippen LogP contribution >= 0.6 is 0 Å². The standard InChI is InChI=1S/C22H28N4O9S2/c1-34-20-10-8-17(37(32,33)24-11-5-4-6-12-24)14-18(20)23-22(27)15-25(36(3,30)31)19-13-16(26(28)29)7-9-21(19)35-2/h7-10,13-14H,4-6,11-12,15H2,1-3H3,(H,23,27). The molecule has 0 unspecified atom stereocenters. The molecular formula is C22H28N4O9S2. The van der Waals surface area contributed by atoms with Crippen LogP contribution in [-0.2, 0) is 24.8 Å². The van der Waals surface area contributed by atoms with Crippen LogP contribution in [0.1, 0.15) is 19.3 Å². The van der Waals surface area contributed by atoms with E-state index in [1.165, 1.54) is 42.8 Å². The molecule has 1 aliphatic heterocycles. The minimum absolute atomic E-state index is 0.00368. The number of hydrogen-bond acceptors (Lipinski definition) is 9. The van der Waals surface area contributed by atoms with E-state index < -0.39 is 43.1 Å². The summed E-state index contributed by atoms with van der Waals surface area (Å²) < 4.78 is 63.7. The molecule has 2 aromatic carbocycles. The third kappa shape index (κ3) is 6.47. The van der Waals surface area contributed by atoms with Crippen LogP contribution in [0.25, 0.3) is 0 Å². The Balaban J connectivity index is 1.93. The second-order valence-corrected chi connectivity index (χ2v) is 12.1. The molecule has 3 rings (SSSR count). The summed E-state index contributed by atoms with van der Waals surface area (Å²) in [6, 6.07) is 7.36. The molecule has 13 nitrogen and oxygen atoms in total. The van der Waals surface area contributed by atoms with E-state index in [2.05, 4.69) is 5.32 Å². The van der Waals surface area contributed by atoms with Crippen LogP contribution in [0, 0.1) is 10.1 Å². The number of ether oxygens (including phenoxy) is 2. The van der Waals surface area contributed by atoms with Gasteiger partial charge in [0.25, 0.3) is 5.69 Å². The Bertz CT molecular complexity index is 1390. The highest BCUT2D eigenvalue weighted by molar-refractivity contribution is 7.92. The highest BCUT2D eigenvalue weighted by Gasteiger charge is 2.29. The first kappa shape index (κ1) is 28.1. The van der Waals surface area contributed by atoms with Gasteiger partial charge in [-0.25, -0.2) is 16.8 Å². The lowest BCUT2D eigenvalue weighted by Gasteiger charge is -2.26. The largest absolute Gasteiger partial charge is 0.495 e. The highest BCUT2D eigenvalue weighted by Crippen LogP contribution is 2.34. The van der Waals surface area contributed by atoms with Crippen molar-refractivity contribution in [3.8, 4) is 11.5 Å². The lowest BCUT2D eigenvalue weighted by Crippen LogP contribution is -2.38. The van der Waals surface area contributed by atoms with Gasteiger partial charge in [0.2, 0.25) is 26.0 Å². The van der Waals surface area contributed by atoms with Crippen LogP contribution in [-0.4, -0.2) is 72.1 Å². The third-order valence-corrected chi connectivity index (χ3v) is 8.75. The molecule has 1 N–H and O–H groups in total. The summed E-state index contributed by atoms with van der Waals surface area (Å²) in [7, 11) is -5.33. The topological polar surface area (TPSA) is 165 Å². The van der Waals surface area contributed by atoms with Gasteiger partial charge in [0, 0.05) is 25.2 Å². The minimum Gasteiger partial charge on any atom is -0.495 e. The number of rotatable bonds is 10. The summed E-state index contributed by atoms with van der Waals surface area (Å²) >= 11 is 0. The van der Waals surface area contributed by atoms with Gasteiger partial charge in [0.05, 0.1) is 36.0 Å². The van der Waals surface area contributed by atoms with E-state index in [0.29, 0.717) is 17.4 Å². The van der Waals surface area contributed by atoms with Gasteiger partial charge in [0.1, 0.15) is 23.7 Å². The van der Waals surface area contributed by atoms with Crippen molar-refractivity contribution in [2.75, 3.05) is 49.7 Å². The Morgan fingerprint density at radius 3 is 2.22 bits per heavy atom. The van der Waals surface area contributed by atoms with Crippen LogP contribution < -0.4 is 19.1 Å². The van der Waals surface area contributed by atoms with Gasteiger partial charge in [0.15, 0.2) is 0 Å². The third-order valence-electron chi connectivity index (χ3n) is 5.73. The number of piperidine rings is 1. The number of non-ortho nitro benzene ring substituents is 1.